The lowest BCUT2D eigenvalue weighted by Gasteiger charge is -2.19. The predicted octanol–water partition coefficient (Wildman–Crippen LogP) is 4.00. The van der Waals surface area contributed by atoms with Crippen molar-refractivity contribution in [3.05, 3.63) is 80.8 Å². The number of rotatable bonds is 6. The molecule has 1 fully saturated rings. The fourth-order valence-corrected chi connectivity index (χ4v) is 4.85. The van der Waals surface area contributed by atoms with Gasteiger partial charge in [0.2, 0.25) is 0 Å². The molecular formula is C26H24IN5O5. The van der Waals surface area contributed by atoms with Gasteiger partial charge >= 0.3 is 11.9 Å². The zero-order valence-electron chi connectivity index (χ0n) is 20.1. The fourth-order valence-electron chi connectivity index (χ4n) is 4.10. The van der Waals surface area contributed by atoms with Gasteiger partial charge in [0.15, 0.2) is 11.9 Å². The molecule has 0 unspecified atom stereocenters. The highest BCUT2D eigenvalue weighted by Crippen LogP contribution is 2.35. The molecule has 0 bridgehead atoms. The van der Waals surface area contributed by atoms with E-state index < -0.39 is 30.4 Å². The SMILES string of the molecule is Cc1ccc(C(=O)OC[C@H]2O[C@@H](n3nc(I)c4c(N)ncnc43)C[C@@H]2OC(=O)c2ccc(C)cc2)cc1. The van der Waals surface area contributed by atoms with E-state index in [-0.39, 0.29) is 13.0 Å². The van der Waals surface area contributed by atoms with Crippen molar-refractivity contribution in [2.75, 3.05) is 12.3 Å². The number of nitrogens with zero attached hydrogens (tertiary/aromatic N) is 4. The highest BCUT2D eigenvalue weighted by Gasteiger charge is 2.41. The van der Waals surface area contributed by atoms with Gasteiger partial charge in [-0.05, 0) is 60.7 Å². The summed E-state index contributed by atoms with van der Waals surface area (Å²) in [7, 11) is 0. The van der Waals surface area contributed by atoms with Gasteiger partial charge in [-0.2, -0.15) is 5.10 Å². The van der Waals surface area contributed by atoms with Crippen LogP contribution in [0.3, 0.4) is 0 Å². The molecule has 3 atom stereocenters. The van der Waals surface area contributed by atoms with E-state index in [9.17, 15) is 9.59 Å². The maximum atomic E-state index is 12.9. The summed E-state index contributed by atoms with van der Waals surface area (Å²) in [6.07, 6.45) is -0.401. The average molecular weight is 613 g/mol. The van der Waals surface area contributed by atoms with Gasteiger partial charge in [0.25, 0.3) is 0 Å². The molecule has 0 radical (unpaired) electrons. The number of esters is 2. The van der Waals surface area contributed by atoms with E-state index in [0.29, 0.717) is 31.7 Å². The molecule has 1 aliphatic heterocycles. The molecule has 0 aliphatic carbocycles. The second-order valence-corrected chi connectivity index (χ2v) is 9.85. The maximum absolute atomic E-state index is 12.9. The second kappa shape index (κ2) is 10.4. The van der Waals surface area contributed by atoms with Gasteiger partial charge in [-0.3, -0.25) is 0 Å². The van der Waals surface area contributed by atoms with Crippen molar-refractivity contribution in [1.82, 2.24) is 19.7 Å². The van der Waals surface area contributed by atoms with Crippen LogP contribution in [0.15, 0.2) is 54.9 Å². The Bertz CT molecular complexity index is 1460. The molecule has 190 valence electrons. The topological polar surface area (TPSA) is 131 Å². The van der Waals surface area contributed by atoms with Crippen LogP contribution in [0.5, 0.6) is 0 Å². The summed E-state index contributed by atoms with van der Waals surface area (Å²) in [4.78, 5) is 33.9. The molecule has 0 amide bonds. The van der Waals surface area contributed by atoms with Crippen molar-refractivity contribution in [2.45, 2.75) is 38.7 Å². The Labute approximate surface area is 226 Å². The number of ether oxygens (including phenoxy) is 3. The molecule has 3 heterocycles. The van der Waals surface area contributed by atoms with E-state index in [2.05, 4.69) is 37.7 Å². The van der Waals surface area contributed by atoms with E-state index in [1.807, 2.05) is 38.1 Å². The van der Waals surface area contributed by atoms with Crippen molar-refractivity contribution in [3.63, 3.8) is 0 Å². The minimum Gasteiger partial charge on any atom is -0.459 e. The first-order chi connectivity index (χ1) is 17.8. The standard InChI is InChI=1S/C26H24IN5O5/c1-14-3-7-16(8-4-14)25(33)35-12-19-18(37-26(34)17-9-5-15(2)6-10-17)11-20(36-19)32-24-21(22(27)31-32)23(28)29-13-30-24/h3-10,13,18-20H,11-12H2,1-2H3,(H2,28,29,30)/t18-,19+,20+/m0/s1. The normalized spacial score (nSPS) is 19.2. The molecule has 2 aromatic carbocycles. The van der Waals surface area contributed by atoms with Gasteiger partial charge in [-0.15, -0.1) is 0 Å². The smallest absolute Gasteiger partial charge is 0.338 e. The number of hydrogen-bond donors (Lipinski definition) is 1. The molecule has 5 rings (SSSR count). The number of carbonyl (C=O) groups excluding carboxylic acids is 2. The molecule has 11 heteroatoms. The Morgan fingerprint density at radius 2 is 1.65 bits per heavy atom. The van der Waals surface area contributed by atoms with E-state index in [4.69, 9.17) is 19.9 Å². The number of hydrogen-bond acceptors (Lipinski definition) is 9. The molecule has 0 saturated carbocycles. The van der Waals surface area contributed by atoms with Crippen molar-refractivity contribution in [3.8, 4) is 0 Å². The fraction of sp³-hybridized carbons (Fsp3) is 0.269. The van der Waals surface area contributed by atoms with Crippen LogP contribution in [0.4, 0.5) is 5.82 Å². The molecule has 10 nitrogen and oxygen atoms in total. The third-order valence-corrected chi connectivity index (χ3v) is 6.90. The number of halogens is 1. The maximum Gasteiger partial charge on any atom is 0.338 e. The van der Waals surface area contributed by atoms with Crippen molar-refractivity contribution < 1.29 is 23.8 Å². The zero-order valence-corrected chi connectivity index (χ0v) is 22.3. The van der Waals surface area contributed by atoms with Gasteiger partial charge < -0.3 is 19.9 Å². The summed E-state index contributed by atoms with van der Waals surface area (Å²) >= 11 is 2.06. The number of nitrogen functional groups attached to an aromatic ring is 1. The lowest BCUT2D eigenvalue weighted by atomic mass is 10.1. The Morgan fingerprint density at radius 1 is 1.03 bits per heavy atom. The Balaban J connectivity index is 1.38. The highest BCUT2D eigenvalue weighted by atomic mass is 127. The van der Waals surface area contributed by atoms with Crippen molar-refractivity contribution in [2.24, 2.45) is 0 Å². The van der Waals surface area contributed by atoms with Gasteiger partial charge in [0.05, 0.1) is 16.5 Å². The van der Waals surface area contributed by atoms with Gasteiger partial charge in [-0.25, -0.2) is 24.2 Å². The highest BCUT2D eigenvalue weighted by molar-refractivity contribution is 14.1. The van der Waals surface area contributed by atoms with Gasteiger partial charge in [-0.1, -0.05) is 35.4 Å². The monoisotopic (exact) mass is 613 g/mol. The number of anilines is 1. The van der Waals surface area contributed by atoms with Gasteiger partial charge in [0, 0.05) is 6.42 Å². The lowest BCUT2D eigenvalue weighted by Crippen LogP contribution is -2.32. The zero-order chi connectivity index (χ0) is 26.1. The second-order valence-electron chi connectivity index (χ2n) is 8.83. The van der Waals surface area contributed by atoms with E-state index in [0.717, 1.165) is 11.1 Å². The summed E-state index contributed by atoms with van der Waals surface area (Å²) in [6, 6.07) is 14.2. The first-order valence-corrected chi connectivity index (χ1v) is 12.7. The predicted molar refractivity (Wildman–Crippen MR) is 143 cm³/mol. The minimum absolute atomic E-state index is 0.109. The number of aryl methyl sites for hydroxylation is 2. The average Bonchev–Trinajstić information content (AvgIpc) is 3.44. The number of carbonyl (C=O) groups is 2. The van der Waals surface area contributed by atoms with Crippen LogP contribution >= 0.6 is 22.6 Å². The molecular weight excluding hydrogens is 589 g/mol. The summed E-state index contributed by atoms with van der Waals surface area (Å²) < 4.78 is 19.8. The Kier molecular flexibility index (Phi) is 7.07. The minimum atomic E-state index is -0.718. The molecule has 4 aromatic rings. The first-order valence-electron chi connectivity index (χ1n) is 11.6. The molecule has 2 aromatic heterocycles. The van der Waals surface area contributed by atoms with Crippen LogP contribution in [0.1, 0.15) is 44.5 Å². The molecule has 0 spiro atoms. The van der Waals surface area contributed by atoms with Crippen molar-refractivity contribution >= 4 is 51.4 Å². The Hall–Kier alpha value is -3.58. The number of nitrogens with two attached hydrogens (primary N) is 1. The first kappa shape index (κ1) is 25.1. The van der Waals surface area contributed by atoms with Crippen LogP contribution in [0, 0.1) is 17.5 Å². The summed E-state index contributed by atoms with van der Waals surface area (Å²) in [5.41, 5.74) is 9.45. The molecule has 37 heavy (non-hydrogen) atoms. The molecule has 1 aliphatic rings. The van der Waals surface area contributed by atoms with Crippen LogP contribution in [0.2, 0.25) is 0 Å². The number of fused-ring (bicyclic) bond motifs is 1. The van der Waals surface area contributed by atoms with Crippen LogP contribution in [-0.2, 0) is 14.2 Å². The van der Waals surface area contributed by atoms with Crippen LogP contribution in [0.25, 0.3) is 11.0 Å². The number of benzene rings is 2. The van der Waals surface area contributed by atoms with E-state index >= 15 is 0 Å². The quantitative estimate of drug-likeness (QED) is 0.253. The van der Waals surface area contributed by atoms with E-state index in [1.165, 1.54) is 6.33 Å². The Morgan fingerprint density at radius 3 is 2.30 bits per heavy atom. The summed E-state index contributed by atoms with van der Waals surface area (Å²) in [5, 5.41) is 5.17. The number of aromatic nitrogens is 4. The van der Waals surface area contributed by atoms with Crippen LogP contribution in [-0.4, -0.2) is 50.5 Å². The van der Waals surface area contributed by atoms with Crippen LogP contribution < -0.4 is 5.73 Å². The lowest BCUT2D eigenvalue weighted by molar-refractivity contribution is -0.0591. The largest absolute Gasteiger partial charge is 0.459 e. The third-order valence-electron chi connectivity index (χ3n) is 6.14. The van der Waals surface area contributed by atoms with E-state index in [1.54, 1.807) is 28.9 Å². The third kappa shape index (κ3) is 5.27. The van der Waals surface area contributed by atoms with Gasteiger partial charge in [0.1, 0.15) is 34.7 Å². The van der Waals surface area contributed by atoms with Crippen molar-refractivity contribution in [1.29, 1.82) is 0 Å². The summed E-state index contributed by atoms with van der Waals surface area (Å²) in [6.45, 7) is 3.77. The summed E-state index contributed by atoms with van der Waals surface area (Å²) in [5.74, 6) is -0.671. The molecule has 1 saturated heterocycles. The molecule has 2 N–H and O–H groups in total.